The van der Waals surface area contributed by atoms with Gasteiger partial charge in [-0.3, -0.25) is 0 Å². The molecule has 0 bridgehead atoms. The first kappa shape index (κ1) is 9.84. The first-order chi connectivity index (χ1) is 7.88. The van der Waals surface area contributed by atoms with E-state index in [2.05, 4.69) is 31.6 Å². The highest BCUT2D eigenvalue weighted by molar-refractivity contribution is 7.16. The maximum Gasteiger partial charge on any atom is 0.225 e. The molecule has 1 fully saturated rings. The lowest BCUT2D eigenvalue weighted by atomic mass is 10.3. The Hall–Kier alpha value is -1.36. The summed E-state index contributed by atoms with van der Waals surface area (Å²) < 4.78 is 0. The monoisotopic (exact) mass is 234 g/mol. The predicted octanol–water partition coefficient (Wildman–Crippen LogP) is 2.33. The first-order valence-corrected chi connectivity index (χ1v) is 6.44. The molecular weight excluding hydrogens is 220 g/mol. The van der Waals surface area contributed by atoms with E-state index in [0.29, 0.717) is 0 Å². The van der Waals surface area contributed by atoms with Gasteiger partial charge in [0.15, 0.2) is 0 Å². The highest BCUT2D eigenvalue weighted by Crippen LogP contribution is 2.30. The van der Waals surface area contributed by atoms with E-state index < -0.39 is 0 Å². The summed E-state index contributed by atoms with van der Waals surface area (Å²) in [5.74, 6) is 1.81. The summed E-state index contributed by atoms with van der Waals surface area (Å²) >= 11 is 1.67. The minimum atomic E-state index is 0.719. The lowest BCUT2D eigenvalue weighted by molar-refractivity contribution is 0.941. The van der Waals surface area contributed by atoms with Crippen LogP contribution in [0.25, 0.3) is 10.2 Å². The van der Waals surface area contributed by atoms with E-state index in [0.717, 1.165) is 29.7 Å². The van der Waals surface area contributed by atoms with Crippen molar-refractivity contribution < 1.29 is 0 Å². The largest absolute Gasteiger partial charge is 0.357 e. The van der Waals surface area contributed by atoms with Gasteiger partial charge in [-0.15, -0.1) is 11.3 Å². The molecule has 2 aromatic rings. The number of rotatable bonds is 2. The maximum atomic E-state index is 4.58. The van der Waals surface area contributed by atoms with Crippen molar-refractivity contribution in [1.82, 2.24) is 9.97 Å². The summed E-state index contributed by atoms with van der Waals surface area (Å²) in [6.45, 7) is 2.23. The van der Waals surface area contributed by atoms with Crippen LogP contribution in [0.2, 0.25) is 0 Å². The third kappa shape index (κ3) is 1.51. The molecule has 3 heterocycles. The van der Waals surface area contributed by atoms with Crippen molar-refractivity contribution in [2.45, 2.75) is 12.8 Å². The molecule has 1 saturated heterocycles. The topological polar surface area (TPSA) is 41.1 Å². The number of anilines is 2. The van der Waals surface area contributed by atoms with Crippen LogP contribution in [0, 0.1) is 0 Å². The average molecular weight is 234 g/mol. The summed E-state index contributed by atoms with van der Waals surface area (Å²) in [5, 5.41) is 6.30. The van der Waals surface area contributed by atoms with Gasteiger partial charge in [0.05, 0.1) is 5.39 Å². The van der Waals surface area contributed by atoms with Gasteiger partial charge in [0.1, 0.15) is 10.6 Å². The van der Waals surface area contributed by atoms with Crippen molar-refractivity contribution in [3.63, 3.8) is 0 Å². The molecule has 0 amide bonds. The number of fused-ring (bicyclic) bond motifs is 1. The lowest BCUT2D eigenvalue weighted by Gasteiger charge is -2.17. The van der Waals surface area contributed by atoms with Gasteiger partial charge in [-0.1, -0.05) is 0 Å². The molecule has 1 N–H and O–H groups in total. The number of hydrogen-bond acceptors (Lipinski definition) is 5. The summed E-state index contributed by atoms with van der Waals surface area (Å²) in [6, 6.07) is 2.12. The molecule has 0 aliphatic carbocycles. The standard InChI is InChI=1S/C11H14N4S/c1-12-11-13-9(15-5-2-3-6-15)8-4-7-16-10(8)14-11/h4,7H,2-3,5-6H2,1H3,(H,12,13,14). The second kappa shape index (κ2) is 3.90. The molecule has 16 heavy (non-hydrogen) atoms. The van der Waals surface area contributed by atoms with Gasteiger partial charge in [-0.2, -0.15) is 4.98 Å². The molecule has 2 aromatic heterocycles. The van der Waals surface area contributed by atoms with Gasteiger partial charge < -0.3 is 10.2 Å². The van der Waals surface area contributed by atoms with E-state index in [1.165, 1.54) is 18.2 Å². The number of hydrogen-bond donors (Lipinski definition) is 1. The van der Waals surface area contributed by atoms with E-state index in [1.54, 1.807) is 11.3 Å². The van der Waals surface area contributed by atoms with E-state index in [4.69, 9.17) is 0 Å². The molecule has 1 aliphatic heterocycles. The van der Waals surface area contributed by atoms with Crippen LogP contribution in [0.3, 0.4) is 0 Å². The number of nitrogens with zero attached hydrogens (tertiary/aromatic N) is 3. The average Bonchev–Trinajstić information content (AvgIpc) is 2.98. The lowest BCUT2D eigenvalue weighted by Crippen LogP contribution is -2.19. The molecule has 3 rings (SSSR count). The van der Waals surface area contributed by atoms with Gasteiger partial charge in [0, 0.05) is 20.1 Å². The fourth-order valence-electron chi connectivity index (χ4n) is 2.12. The molecule has 1 aliphatic rings. The smallest absolute Gasteiger partial charge is 0.225 e. The molecule has 0 spiro atoms. The summed E-state index contributed by atoms with van der Waals surface area (Å²) in [6.07, 6.45) is 2.54. The maximum absolute atomic E-state index is 4.58. The molecular formula is C11H14N4S. The SMILES string of the molecule is CNc1nc(N2CCCC2)c2ccsc2n1. The molecule has 0 radical (unpaired) electrons. The van der Waals surface area contributed by atoms with Crippen molar-refractivity contribution >= 4 is 33.3 Å². The normalized spacial score (nSPS) is 15.9. The molecule has 0 unspecified atom stereocenters. The van der Waals surface area contributed by atoms with Crippen LogP contribution in [0.4, 0.5) is 11.8 Å². The van der Waals surface area contributed by atoms with Crippen LogP contribution in [-0.4, -0.2) is 30.1 Å². The van der Waals surface area contributed by atoms with Crippen molar-refractivity contribution in [1.29, 1.82) is 0 Å². The third-order valence-electron chi connectivity index (χ3n) is 2.93. The second-order valence-corrected chi connectivity index (χ2v) is 4.85. The molecule has 4 nitrogen and oxygen atoms in total. The van der Waals surface area contributed by atoms with Gasteiger partial charge in [-0.05, 0) is 24.3 Å². The molecule has 5 heteroatoms. The quantitative estimate of drug-likeness (QED) is 0.866. The molecule has 0 aromatic carbocycles. The van der Waals surface area contributed by atoms with Crippen LogP contribution in [0.15, 0.2) is 11.4 Å². The van der Waals surface area contributed by atoms with Crippen LogP contribution >= 0.6 is 11.3 Å². The fourth-order valence-corrected chi connectivity index (χ4v) is 2.88. The Kier molecular flexibility index (Phi) is 2.40. The Morgan fingerprint density at radius 2 is 2.12 bits per heavy atom. The zero-order valence-corrected chi connectivity index (χ0v) is 10.0. The highest BCUT2D eigenvalue weighted by Gasteiger charge is 2.18. The molecule has 84 valence electrons. The number of nitrogens with one attached hydrogen (secondary N) is 1. The first-order valence-electron chi connectivity index (χ1n) is 5.56. The highest BCUT2D eigenvalue weighted by atomic mass is 32.1. The summed E-state index contributed by atoms with van der Waals surface area (Å²) in [4.78, 5) is 12.5. The van der Waals surface area contributed by atoms with Crippen molar-refractivity contribution in [3.05, 3.63) is 11.4 Å². The molecule has 0 saturated carbocycles. The second-order valence-electron chi connectivity index (χ2n) is 3.95. The van der Waals surface area contributed by atoms with Crippen LogP contribution in [-0.2, 0) is 0 Å². The van der Waals surface area contributed by atoms with Crippen molar-refractivity contribution in [3.8, 4) is 0 Å². The Morgan fingerprint density at radius 1 is 1.31 bits per heavy atom. The van der Waals surface area contributed by atoms with E-state index in [-0.39, 0.29) is 0 Å². The zero-order valence-electron chi connectivity index (χ0n) is 9.23. The Balaban J connectivity index is 2.15. The Bertz CT molecular complexity index is 502. The van der Waals surface area contributed by atoms with E-state index >= 15 is 0 Å². The Morgan fingerprint density at radius 3 is 2.88 bits per heavy atom. The molecule has 0 atom stereocenters. The number of thiophene rings is 1. The van der Waals surface area contributed by atoms with Gasteiger partial charge in [0.2, 0.25) is 5.95 Å². The van der Waals surface area contributed by atoms with Gasteiger partial charge in [0.25, 0.3) is 0 Å². The van der Waals surface area contributed by atoms with E-state index in [1.807, 2.05) is 7.05 Å². The fraction of sp³-hybridized carbons (Fsp3) is 0.455. The van der Waals surface area contributed by atoms with Crippen molar-refractivity contribution in [2.24, 2.45) is 0 Å². The van der Waals surface area contributed by atoms with Crippen LogP contribution in [0.1, 0.15) is 12.8 Å². The summed E-state index contributed by atoms with van der Waals surface area (Å²) in [5.41, 5.74) is 0. The predicted molar refractivity (Wildman–Crippen MR) is 68.4 cm³/mol. The van der Waals surface area contributed by atoms with E-state index in [9.17, 15) is 0 Å². The number of aromatic nitrogens is 2. The van der Waals surface area contributed by atoms with Crippen LogP contribution in [0.5, 0.6) is 0 Å². The minimum absolute atomic E-state index is 0.719. The van der Waals surface area contributed by atoms with Crippen LogP contribution < -0.4 is 10.2 Å². The van der Waals surface area contributed by atoms with Crippen molar-refractivity contribution in [2.75, 3.05) is 30.4 Å². The minimum Gasteiger partial charge on any atom is -0.357 e. The van der Waals surface area contributed by atoms with Gasteiger partial charge in [-0.25, -0.2) is 4.98 Å². The Labute approximate surface area is 98.3 Å². The summed E-state index contributed by atoms with van der Waals surface area (Å²) in [7, 11) is 1.86. The van der Waals surface area contributed by atoms with Gasteiger partial charge >= 0.3 is 0 Å². The zero-order chi connectivity index (χ0) is 11.0. The third-order valence-corrected chi connectivity index (χ3v) is 3.74.